The summed E-state index contributed by atoms with van der Waals surface area (Å²) in [7, 11) is 0. The predicted molar refractivity (Wildman–Crippen MR) is 79.0 cm³/mol. The summed E-state index contributed by atoms with van der Waals surface area (Å²) >= 11 is 0. The molecule has 1 heterocycles. The Morgan fingerprint density at radius 1 is 1.38 bits per heavy atom. The largest absolute Gasteiger partial charge is 0.462 e. The average Bonchev–Trinajstić information content (AvgIpc) is 2.79. The third kappa shape index (κ3) is 3.02. The number of hydrogen-bond donors (Lipinski definition) is 0. The zero-order chi connectivity index (χ0) is 15.4. The fourth-order valence-corrected chi connectivity index (χ4v) is 2.12. The van der Waals surface area contributed by atoms with Crippen molar-refractivity contribution >= 4 is 12.3 Å². The lowest BCUT2D eigenvalue weighted by Crippen LogP contribution is -2.07. The van der Waals surface area contributed by atoms with Gasteiger partial charge in [0, 0.05) is 0 Å². The summed E-state index contributed by atoms with van der Waals surface area (Å²) in [6, 6.07) is 7.03. The van der Waals surface area contributed by atoms with Crippen molar-refractivity contribution in [2.24, 2.45) is 0 Å². The van der Waals surface area contributed by atoms with Crippen molar-refractivity contribution in [3.63, 3.8) is 0 Å². The van der Waals surface area contributed by atoms with E-state index in [0.29, 0.717) is 23.4 Å². The first kappa shape index (κ1) is 15.0. The Morgan fingerprint density at radius 2 is 2.14 bits per heavy atom. The summed E-state index contributed by atoms with van der Waals surface area (Å²) in [6.07, 6.45) is 1.58. The molecule has 2 aromatic rings. The fourth-order valence-electron chi connectivity index (χ4n) is 2.12. The summed E-state index contributed by atoms with van der Waals surface area (Å²) < 4.78 is 6.79. The molecule has 0 spiro atoms. The first-order valence-electron chi connectivity index (χ1n) is 6.87. The van der Waals surface area contributed by atoms with Crippen LogP contribution in [-0.4, -0.2) is 28.6 Å². The molecule has 2 rings (SSSR count). The molecule has 5 nitrogen and oxygen atoms in total. The first-order chi connectivity index (χ1) is 10.1. The Morgan fingerprint density at radius 3 is 2.76 bits per heavy atom. The molecule has 0 aliphatic carbocycles. The molecule has 5 heteroatoms. The van der Waals surface area contributed by atoms with E-state index >= 15 is 0 Å². The van der Waals surface area contributed by atoms with Gasteiger partial charge in [0.1, 0.15) is 0 Å². The van der Waals surface area contributed by atoms with E-state index in [9.17, 15) is 9.59 Å². The number of ether oxygens (including phenoxy) is 1. The summed E-state index contributed by atoms with van der Waals surface area (Å²) in [6.45, 7) is 5.96. The molecule has 0 aliphatic rings. The van der Waals surface area contributed by atoms with Crippen LogP contribution in [-0.2, 0) is 4.74 Å². The van der Waals surface area contributed by atoms with Crippen LogP contribution in [0.2, 0.25) is 0 Å². The normalized spacial score (nSPS) is 10.4. The molecule has 0 fully saturated rings. The maximum atomic E-state index is 11.9. The smallest absolute Gasteiger partial charge is 0.338 e. The molecule has 0 saturated carbocycles. The number of aryl methyl sites for hydroxylation is 1. The maximum Gasteiger partial charge on any atom is 0.338 e. The fraction of sp³-hybridized carbons (Fsp3) is 0.312. The van der Waals surface area contributed by atoms with E-state index in [1.165, 1.54) is 0 Å². The lowest BCUT2D eigenvalue weighted by atomic mass is 10.2. The van der Waals surface area contributed by atoms with Crippen molar-refractivity contribution in [2.45, 2.75) is 27.2 Å². The lowest BCUT2D eigenvalue weighted by molar-refractivity contribution is 0.0505. The quantitative estimate of drug-likeness (QED) is 0.626. The highest BCUT2D eigenvalue weighted by atomic mass is 16.5. The van der Waals surface area contributed by atoms with Crippen LogP contribution in [0.4, 0.5) is 0 Å². The van der Waals surface area contributed by atoms with Gasteiger partial charge in [0.25, 0.3) is 0 Å². The van der Waals surface area contributed by atoms with E-state index in [1.807, 2.05) is 19.9 Å². The molecule has 110 valence electrons. The summed E-state index contributed by atoms with van der Waals surface area (Å²) in [5.74, 6) is -0.351. The number of aldehydes is 1. The van der Waals surface area contributed by atoms with Crippen molar-refractivity contribution in [1.29, 1.82) is 0 Å². The van der Waals surface area contributed by atoms with Gasteiger partial charge < -0.3 is 4.74 Å². The van der Waals surface area contributed by atoms with Gasteiger partial charge in [-0.25, -0.2) is 9.48 Å². The van der Waals surface area contributed by atoms with Gasteiger partial charge in [-0.15, -0.1) is 0 Å². The molecule has 0 aliphatic heterocycles. The Bertz CT molecular complexity index is 674. The molecule has 0 N–H and O–H groups in total. The second-order valence-electron chi connectivity index (χ2n) is 4.80. The molecule has 1 aromatic carbocycles. The van der Waals surface area contributed by atoms with Crippen LogP contribution in [0.1, 0.15) is 45.4 Å². The number of aromatic nitrogens is 2. The number of carbonyl (C=O) groups is 2. The third-order valence-corrected chi connectivity index (χ3v) is 3.23. The van der Waals surface area contributed by atoms with E-state index < -0.39 is 0 Å². The average molecular weight is 286 g/mol. The van der Waals surface area contributed by atoms with E-state index in [2.05, 4.69) is 5.10 Å². The van der Waals surface area contributed by atoms with Crippen LogP contribution in [0, 0.1) is 13.8 Å². The maximum absolute atomic E-state index is 11.9. The van der Waals surface area contributed by atoms with Gasteiger partial charge in [-0.05, 0) is 38.5 Å². The highest BCUT2D eigenvalue weighted by Gasteiger charge is 2.14. The number of hydrogen-bond acceptors (Lipinski definition) is 4. The number of carbonyl (C=O) groups excluding carboxylic acids is 2. The second-order valence-corrected chi connectivity index (χ2v) is 4.80. The molecule has 21 heavy (non-hydrogen) atoms. The van der Waals surface area contributed by atoms with E-state index in [0.717, 1.165) is 24.1 Å². The monoisotopic (exact) mass is 286 g/mol. The molecule has 1 aromatic heterocycles. The summed E-state index contributed by atoms with van der Waals surface area (Å²) in [4.78, 5) is 23.0. The zero-order valence-electron chi connectivity index (χ0n) is 12.4. The molecular formula is C16H18N2O3. The van der Waals surface area contributed by atoms with Crippen LogP contribution in [0.3, 0.4) is 0 Å². The standard InChI is InChI=1S/C16H18N2O3/c1-4-8-21-16(20)13-6-5-7-14(9-13)18-12(3)15(10-19)11(2)17-18/h5-7,9-10H,4,8H2,1-3H3. The second kappa shape index (κ2) is 6.35. The lowest BCUT2D eigenvalue weighted by Gasteiger charge is -2.07. The van der Waals surface area contributed by atoms with Gasteiger partial charge in [0.2, 0.25) is 0 Å². The van der Waals surface area contributed by atoms with E-state index in [1.54, 1.807) is 29.8 Å². The van der Waals surface area contributed by atoms with Crippen LogP contribution >= 0.6 is 0 Å². The van der Waals surface area contributed by atoms with Gasteiger partial charge in [-0.2, -0.15) is 5.10 Å². The van der Waals surface area contributed by atoms with Crippen LogP contribution in [0.5, 0.6) is 0 Å². The summed E-state index contributed by atoms with van der Waals surface area (Å²) in [5, 5.41) is 4.35. The Kier molecular flexibility index (Phi) is 4.52. The molecule has 0 radical (unpaired) electrons. The molecule has 0 amide bonds. The SMILES string of the molecule is CCCOC(=O)c1cccc(-n2nc(C)c(C=O)c2C)c1. The van der Waals surface area contributed by atoms with Gasteiger partial charge in [0.05, 0.1) is 34.8 Å². The van der Waals surface area contributed by atoms with Crippen molar-refractivity contribution < 1.29 is 14.3 Å². The molecule has 0 unspecified atom stereocenters. The van der Waals surface area contributed by atoms with Crippen molar-refractivity contribution in [3.05, 3.63) is 46.8 Å². The third-order valence-electron chi connectivity index (χ3n) is 3.23. The van der Waals surface area contributed by atoms with Crippen LogP contribution < -0.4 is 0 Å². The Labute approximate surface area is 123 Å². The first-order valence-corrected chi connectivity index (χ1v) is 6.87. The van der Waals surface area contributed by atoms with Gasteiger partial charge >= 0.3 is 5.97 Å². The topological polar surface area (TPSA) is 61.2 Å². The highest BCUT2D eigenvalue weighted by molar-refractivity contribution is 5.90. The van der Waals surface area contributed by atoms with E-state index in [-0.39, 0.29) is 5.97 Å². The number of benzene rings is 1. The molecular weight excluding hydrogens is 268 g/mol. The minimum atomic E-state index is -0.351. The number of esters is 1. The molecule has 0 atom stereocenters. The van der Waals surface area contributed by atoms with Crippen LogP contribution in [0.15, 0.2) is 24.3 Å². The van der Waals surface area contributed by atoms with Gasteiger partial charge in [-0.1, -0.05) is 13.0 Å². The van der Waals surface area contributed by atoms with Crippen molar-refractivity contribution in [3.8, 4) is 5.69 Å². The number of rotatable bonds is 5. The Balaban J connectivity index is 2.38. The van der Waals surface area contributed by atoms with Crippen molar-refractivity contribution in [2.75, 3.05) is 6.61 Å². The molecule has 0 bridgehead atoms. The number of nitrogens with zero attached hydrogens (tertiary/aromatic N) is 2. The van der Waals surface area contributed by atoms with E-state index in [4.69, 9.17) is 4.74 Å². The van der Waals surface area contributed by atoms with Crippen LogP contribution in [0.25, 0.3) is 5.69 Å². The predicted octanol–water partition coefficient (Wildman–Crippen LogP) is 2.87. The minimum Gasteiger partial charge on any atom is -0.462 e. The molecule has 0 saturated heterocycles. The highest BCUT2D eigenvalue weighted by Crippen LogP contribution is 2.17. The minimum absolute atomic E-state index is 0.351. The zero-order valence-corrected chi connectivity index (χ0v) is 12.4. The van der Waals surface area contributed by atoms with Gasteiger partial charge in [-0.3, -0.25) is 4.79 Å². The summed E-state index contributed by atoms with van der Waals surface area (Å²) in [5.41, 5.74) is 3.20. The Hall–Kier alpha value is -2.43. The van der Waals surface area contributed by atoms with Gasteiger partial charge in [0.15, 0.2) is 6.29 Å². The van der Waals surface area contributed by atoms with Crippen molar-refractivity contribution in [1.82, 2.24) is 9.78 Å².